The van der Waals surface area contributed by atoms with Crippen LogP contribution < -0.4 is 10.6 Å². The van der Waals surface area contributed by atoms with Gasteiger partial charge in [-0.1, -0.05) is 48.5 Å². The molecule has 4 nitrogen and oxygen atoms in total. The van der Waals surface area contributed by atoms with Crippen molar-refractivity contribution >= 4 is 11.8 Å². The van der Waals surface area contributed by atoms with E-state index in [-0.39, 0.29) is 23.9 Å². The van der Waals surface area contributed by atoms with Crippen molar-refractivity contribution in [1.82, 2.24) is 10.6 Å². The fraction of sp³-hybridized carbons (Fsp3) is 0.300. The fourth-order valence-corrected chi connectivity index (χ4v) is 3.33. The minimum absolute atomic E-state index is 0.117. The fourth-order valence-electron chi connectivity index (χ4n) is 3.33. The molecule has 1 aliphatic carbocycles. The van der Waals surface area contributed by atoms with Gasteiger partial charge < -0.3 is 10.6 Å². The molecule has 4 bridgehead atoms. The average Bonchev–Trinajstić information content (AvgIpc) is 2.55. The Labute approximate surface area is 142 Å². The predicted octanol–water partition coefficient (Wildman–Crippen LogP) is 2.84. The first-order valence-corrected chi connectivity index (χ1v) is 8.25. The topological polar surface area (TPSA) is 58.2 Å². The summed E-state index contributed by atoms with van der Waals surface area (Å²) in [6.45, 7) is 3.01. The molecule has 0 spiro atoms. The number of rotatable bonds is 2. The van der Waals surface area contributed by atoms with E-state index in [4.69, 9.17) is 0 Å². The summed E-state index contributed by atoms with van der Waals surface area (Å²) in [4.78, 5) is 23.6. The molecule has 0 aromatic heterocycles. The zero-order chi connectivity index (χ0) is 17.1. The molecule has 0 radical (unpaired) electrons. The first kappa shape index (κ1) is 16.2. The van der Waals surface area contributed by atoms with Gasteiger partial charge in [-0.25, -0.2) is 0 Å². The van der Waals surface area contributed by atoms with E-state index in [1.165, 1.54) is 25.0 Å². The molecule has 0 unspecified atom stereocenters. The van der Waals surface area contributed by atoms with Crippen LogP contribution in [-0.2, 0) is 22.4 Å². The monoisotopic (exact) mass is 322 g/mol. The van der Waals surface area contributed by atoms with E-state index in [1.54, 1.807) is 0 Å². The van der Waals surface area contributed by atoms with E-state index in [1.807, 2.05) is 24.3 Å². The number of amides is 2. The Hall–Kier alpha value is -2.62. The highest BCUT2D eigenvalue weighted by molar-refractivity contribution is 5.75. The van der Waals surface area contributed by atoms with Crippen molar-refractivity contribution < 1.29 is 9.59 Å². The van der Waals surface area contributed by atoms with Gasteiger partial charge in [-0.15, -0.1) is 0 Å². The van der Waals surface area contributed by atoms with Gasteiger partial charge in [-0.05, 0) is 35.1 Å². The number of benzene rings is 2. The van der Waals surface area contributed by atoms with E-state index in [0.717, 1.165) is 24.0 Å². The molecule has 2 aromatic rings. The second kappa shape index (κ2) is 6.87. The van der Waals surface area contributed by atoms with Crippen molar-refractivity contribution in [3.05, 3.63) is 70.8 Å². The average molecular weight is 322 g/mol. The lowest BCUT2D eigenvalue weighted by atomic mass is 9.88. The summed E-state index contributed by atoms with van der Waals surface area (Å²) in [6.07, 6.45) is 1.91. The number of carbonyl (C=O) groups excluding carboxylic acids is 2. The highest BCUT2D eigenvalue weighted by Gasteiger charge is 2.27. The van der Waals surface area contributed by atoms with Gasteiger partial charge in [0.2, 0.25) is 11.8 Å². The van der Waals surface area contributed by atoms with Crippen molar-refractivity contribution in [3.63, 3.8) is 0 Å². The Balaban J connectivity index is 2.14. The lowest BCUT2D eigenvalue weighted by Crippen LogP contribution is -2.39. The van der Waals surface area contributed by atoms with Crippen molar-refractivity contribution in [2.24, 2.45) is 0 Å². The second-order valence-corrected chi connectivity index (χ2v) is 6.35. The minimum Gasteiger partial charge on any atom is -0.347 e. The van der Waals surface area contributed by atoms with Gasteiger partial charge in [0.15, 0.2) is 0 Å². The van der Waals surface area contributed by atoms with Crippen LogP contribution in [0, 0.1) is 0 Å². The van der Waals surface area contributed by atoms with Crippen LogP contribution in [0.2, 0.25) is 0 Å². The summed E-state index contributed by atoms with van der Waals surface area (Å²) in [5.74, 6) is -0.233. The van der Waals surface area contributed by atoms with Crippen LogP contribution in [0.4, 0.5) is 0 Å². The van der Waals surface area contributed by atoms with Gasteiger partial charge in [0.05, 0.1) is 12.1 Å². The van der Waals surface area contributed by atoms with E-state index in [2.05, 4.69) is 34.9 Å². The molecule has 2 atom stereocenters. The number of carbonyl (C=O) groups is 2. The van der Waals surface area contributed by atoms with Gasteiger partial charge in [-0.2, -0.15) is 0 Å². The molecule has 3 rings (SSSR count). The standard InChI is InChI=1S/C20H22N2O2/c1-13(23)21-19-17-7-3-5-15(11-17)9-10-16-6-4-8-18(12-16)20(19)22-14(2)24/h3-8,11-12,19-20H,9-10H2,1-2H3,(H,21,23)(H,22,24)/t19-,20-/m1/s1. The number of hydrogen-bond acceptors (Lipinski definition) is 2. The first-order chi connectivity index (χ1) is 11.5. The normalized spacial score (nSPS) is 19.2. The summed E-state index contributed by atoms with van der Waals surface area (Å²) < 4.78 is 0. The quantitative estimate of drug-likeness (QED) is 0.893. The van der Waals surface area contributed by atoms with Crippen LogP contribution in [0.5, 0.6) is 0 Å². The molecule has 2 aromatic carbocycles. The summed E-state index contributed by atoms with van der Waals surface area (Å²) >= 11 is 0. The zero-order valence-corrected chi connectivity index (χ0v) is 14.0. The summed E-state index contributed by atoms with van der Waals surface area (Å²) in [5, 5.41) is 6.03. The van der Waals surface area contributed by atoms with Crippen molar-refractivity contribution in [2.45, 2.75) is 38.8 Å². The van der Waals surface area contributed by atoms with E-state index in [0.29, 0.717) is 0 Å². The summed E-state index contributed by atoms with van der Waals surface area (Å²) in [6, 6.07) is 15.9. The molecular weight excluding hydrogens is 300 g/mol. The maximum atomic E-state index is 11.8. The molecule has 0 saturated heterocycles. The van der Waals surface area contributed by atoms with Gasteiger partial charge in [0.25, 0.3) is 0 Å². The molecule has 0 heterocycles. The van der Waals surface area contributed by atoms with Gasteiger partial charge >= 0.3 is 0 Å². The van der Waals surface area contributed by atoms with Crippen LogP contribution in [0.1, 0.15) is 48.2 Å². The van der Waals surface area contributed by atoms with Crippen LogP contribution in [-0.4, -0.2) is 11.8 Å². The number of nitrogens with one attached hydrogen (secondary N) is 2. The van der Waals surface area contributed by atoms with Crippen LogP contribution in [0.3, 0.4) is 0 Å². The Bertz CT molecular complexity index is 704. The van der Waals surface area contributed by atoms with E-state index in [9.17, 15) is 9.59 Å². The highest BCUT2D eigenvalue weighted by Crippen LogP contribution is 2.31. The van der Waals surface area contributed by atoms with Crippen molar-refractivity contribution in [1.29, 1.82) is 0 Å². The minimum atomic E-state index is -0.306. The molecule has 0 saturated carbocycles. The Morgan fingerprint density at radius 3 is 1.58 bits per heavy atom. The lowest BCUT2D eigenvalue weighted by molar-refractivity contribution is -0.122. The maximum Gasteiger partial charge on any atom is 0.217 e. The smallest absolute Gasteiger partial charge is 0.217 e. The van der Waals surface area contributed by atoms with Crippen LogP contribution in [0.15, 0.2) is 48.5 Å². The van der Waals surface area contributed by atoms with E-state index >= 15 is 0 Å². The molecule has 2 amide bonds. The zero-order valence-electron chi connectivity index (χ0n) is 14.0. The molecule has 2 N–H and O–H groups in total. The van der Waals surface area contributed by atoms with Crippen molar-refractivity contribution in [2.75, 3.05) is 0 Å². The predicted molar refractivity (Wildman–Crippen MR) is 93.4 cm³/mol. The molecule has 124 valence electrons. The molecule has 0 aliphatic heterocycles. The van der Waals surface area contributed by atoms with Gasteiger partial charge in [0, 0.05) is 13.8 Å². The van der Waals surface area contributed by atoms with Crippen LogP contribution >= 0.6 is 0 Å². The molecule has 24 heavy (non-hydrogen) atoms. The number of aryl methyl sites for hydroxylation is 2. The van der Waals surface area contributed by atoms with Crippen molar-refractivity contribution in [3.8, 4) is 0 Å². The SMILES string of the molecule is CC(=O)N[C@@H]1c2cccc(c2)CCc2cccc(c2)[C@H]1NC(C)=O. The van der Waals surface area contributed by atoms with Gasteiger partial charge in [-0.3, -0.25) is 9.59 Å². The van der Waals surface area contributed by atoms with E-state index < -0.39 is 0 Å². The maximum absolute atomic E-state index is 11.8. The Kier molecular flexibility index (Phi) is 4.65. The third-order valence-electron chi connectivity index (χ3n) is 4.37. The first-order valence-electron chi connectivity index (χ1n) is 8.25. The molecule has 0 fully saturated rings. The number of fused-ring (bicyclic) bond motifs is 4. The lowest BCUT2D eigenvalue weighted by Gasteiger charge is -2.30. The molecule has 1 aliphatic rings. The largest absolute Gasteiger partial charge is 0.347 e. The Morgan fingerprint density at radius 1 is 0.792 bits per heavy atom. The highest BCUT2D eigenvalue weighted by atomic mass is 16.2. The molecular formula is C20H22N2O2. The molecule has 4 heteroatoms. The number of hydrogen-bond donors (Lipinski definition) is 2. The summed E-state index contributed by atoms with van der Waals surface area (Å²) in [7, 11) is 0. The Morgan fingerprint density at radius 2 is 1.21 bits per heavy atom. The third kappa shape index (κ3) is 3.65. The van der Waals surface area contributed by atoms with Gasteiger partial charge in [0.1, 0.15) is 0 Å². The second-order valence-electron chi connectivity index (χ2n) is 6.35. The van der Waals surface area contributed by atoms with Crippen LogP contribution in [0.25, 0.3) is 0 Å². The summed E-state index contributed by atoms with van der Waals surface area (Å²) in [5.41, 5.74) is 4.48. The third-order valence-corrected chi connectivity index (χ3v) is 4.37.